The molecule has 0 radical (unpaired) electrons. The highest BCUT2D eigenvalue weighted by molar-refractivity contribution is 5.94. The zero-order chi connectivity index (χ0) is 17.8. The van der Waals surface area contributed by atoms with Crippen molar-refractivity contribution in [1.82, 2.24) is 15.5 Å². The van der Waals surface area contributed by atoms with Crippen molar-refractivity contribution in [2.24, 2.45) is 0 Å². The SMILES string of the molecule is O=C(NCc1ccccc1)c1cccc(OCc2nnc(C3CC3)o2)c1. The van der Waals surface area contributed by atoms with Crippen molar-refractivity contribution in [3.63, 3.8) is 0 Å². The van der Waals surface area contributed by atoms with Gasteiger partial charge in [0.15, 0.2) is 6.61 Å². The van der Waals surface area contributed by atoms with Gasteiger partial charge in [-0.3, -0.25) is 4.79 Å². The Bertz CT molecular complexity index is 888. The van der Waals surface area contributed by atoms with E-state index in [0.717, 1.165) is 18.4 Å². The molecule has 3 aromatic rings. The number of benzene rings is 2. The van der Waals surface area contributed by atoms with Gasteiger partial charge in [0.1, 0.15) is 5.75 Å². The molecule has 0 aliphatic heterocycles. The Morgan fingerprint density at radius 2 is 1.96 bits per heavy atom. The summed E-state index contributed by atoms with van der Waals surface area (Å²) in [7, 11) is 0. The Morgan fingerprint density at radius 1 is 1.12 bits per heavy atom. The van der Waals surface area contributed by atoms with Crippen molar-refractivity contribution < 1.29 is 13.9 Å². The molecule has 0 unspecified atom stereocenters. The van der Waals surface area contributed by atoms with Crippen LogP contribution < -0.4 is 10.1 Å². The molecule has 132 valence electrons. The highest BCUT2D eigenvalue weighted by Gasteiger charge is 2.29. The van der Waals surface area contributed by atoms with Crippen LogP contribution in [0.3, 0.4) is 0 Å². The van der Waals surface area contributed by atoms with Crippen LogP contribution in [-0.4, -0.2) is 16.1 Å². The standard InChI is InChI=1S/C20H19N3O3/c24-19(21-12-14-5-2-1-3-6-14)16-7-4-8-17(11-16)25-13-18-22-23-20(26-18)15-9-10-15/h1-8,11,15H,9-10,12-13H2,(H,21,24). The Kier molecular flexibility index (Phi) is 4.64. The van der Waals surface area contributed by atoms with E-state index >= 15 is 0 Å². The quantitative estimate of drug-likeness (QED) is 0.707. The molecule has 1 heterocycles. The minimum Gasteiger partial charge on any atom is -0.484 e. The van der Waals surface area contributed by atoms with Gasteiger partial charge in [-0.15, -0.1) is 10.2 Å². The molecule has 2 aromatic carbocycles. The van der Waals surface area contributed by atoms with Crippen LogP contribution in [0.15, 0.2) is 59.0 Å². The first-order valence-electron chi connectivity index (χ1n) is 8.65. The van der Waals surface area contributed by atoms with Crippen LogP contribution in [0.2, 0.25) is 0 Å². The summed E-state index contributed by atoms with van der Waals surface area (Å²) in [6.45, 7) is 0.672. The van der Waals surface area contributed by atoms with E-state index in [2.05, 4.69) is 15.5 Å². The highest BCUT2D eigenvalue weighted by atomic mass is 16.5. The molecule has 26 heavy (non-hydrogen) atoms. The monoisotopic (exact) mass is 349 g/mol. The number of ether oxygens (including phenoxy) is 1. The maximum absolute atomic E-state index is 12.3. The van der Waals surface area contributed by atoms with Crippen LogP contribution in [0, 0.1) is 0 Å². The summed E-state index contributed by atoms with van der Waals surface area (Å²) in [6.07, 6.45) is 2.23. The summed E-state index contributed by atoms with van der Waals surface area (Å²) < 4.78 is 11.3. The minimum atomic E-state index is -0.145. The van der Waals surface area contributed by atoms with Crippen LogP contribution in [0.4, 0.5) is 0 Å². The lowest BCUT2D eigenvalue weighted by molar-refractivity contribution is 0.0950. The first-order chi connectivity index (χ1) is 12.8. The van der Waals surface area contributed by atoms with Gasteiger partial charge in [-0.1, -0.05) is 36.4 Å². The van der Waals surface area contributed by atoms with Crippen molar-refractivity contribution in [1.29, 1.82) is 0 Å². The van der Waals surface area contributed by atoms with Crippen LogP contribution in [0.5, 0.6) is 5.75 Å². The third-order valence-electron chi connectivity index (χ3n) is 4.16. The van der Waals surface area contributed by atoms with E-state index in [-0.39, 0.29) is 12.5 Å². The van der Waals surface area contributed by atoms with E-state index in [1.807, 2.05) is 30.3 Å². The predicted molar refractivity (Wildman–Crippen MR) is 94.7 cm³/mol. The van der Waals surface area contributed by atoms with Crippen molar-refractivity contribution >= 4 is 5.91 Å². The molecule has 0 atom stereocenters. The summed E-state index contributed by atoms with van der Waals surface area (Å²) in [5.74, 6) is 2.01. The van der Waals surface area contributed by atoms with E-state index in [4.69, 9.17) is 9.15 Å². The molecule has 1 N–H and O–H groups in total. The fraction of sp³-hybridized carbons (Fsp3) is 0.250. The lowest BCUT2D eigenvalue weighted by Crippen LogP contribution is -2.22. The third kappa shape index (κ3) is 4.08. The number of hydrogen-bond acceptors (Lipinski definition) is 5. The van der Waals surface area contributed by atoms with Gasteiger partial charge in [-0.05, 0) is 36.6 Å². The Morgan fingerprint density at radius 3 is 2.77 bits per heavy atom. The summed E-state index contributed by atoms with van der Waals surface area (Å²) >= 11 is 0. The summed E-state index contributed by atoms with van der Waals surface area (Å²) in [6, 6.07) is 16.8. The van der Waals surface area contributed by atoms with E-state index < -0.39 is 0 Å². The Hall–Kier alpha value is -3.15. The normalized spacial score (nSPS) is 13.4. The number of aromatic nitrogens is 2. The molecule has 0 spiro atoms. The van der Waals surface area contributed by atoms with Crippen molar-refractivity contribution in [3.8, 4) is 5.75 Å². The van der Waals surface area contributed by atoms with Gasteiger partial charge in [0.2, 0.25) is 5.89 Å². The van der Waals surface area contributed by atoms with Gasteiger partial charge in [0, 0.05) is 18.0 Å². The second-order valence-electron chi connectivity index (χ2n) is 6.29. The summed E-state index contributed by atoms with van der Waals surface area (Å²) in [5.41, 5.74) is 1.60. The average Bonchev–Trinajstić information content (AvgIpc) is 3.44. The van der Waals surface area contributed by atoms with Crippen molar-refractivity contribution in [2.45, 2.75) is 31.9 Å². The summed E-state index contributed by atoms with van der Waals surface area (Å²) in [5, 5.41) is 10.9. The number of carbonyl (C=O) groups is 1. The molecular formula is C20H19N3O3. The molecule has 1 fully saturated rings. The van der Waals surface area contributed by atoms with Gasteiger partial charge in [0.05, 0.1) is 0 Å². The van der Waals surface area contributed by atoms with Crippen LogP contribution in [-0.2, 0) is 13.2 Å². The molecule has 1 amide bonds. The molecule has 1 aliphatic carbocycles. The number of nitrogens with one attached hydrogen (secondary N) is 1. The van der Waals surface area contributed by atoms with Crippen molar-refractivity contribution in [2.75, 3.05) is 0 Å². The maximum atomic E-state index is 12.3. The van der Waals surface area contributed by atoms with Crippen LogP contribution >= 0.6 is 0 Å². The smallest absolute Gasteiger partial charge is 0.253 e. The number of rotatable bonds is 7. The first kappa shape index (κ1) is 16.3. The minimum absolute atomic E-state index is 0.145. The van der Waals surface area contributed by atoms with Gasteiger partial charge < -0.3 is 14.5 Å². The fourth-order valence-corrected chi connectivity index (χ4v) is 2.57. The average molecular weight is 349 g/mol. The van der Waals surface area contributed by atoms with Gasteiger partial charge in [0.25, 0.3) is 11.8 Å². The van der Waals surface area contributed by atoms with E-state index in [9.17, 15) is 4.79 Å². The Balaban J connectivity index is 1.33. The highest BCUT2D eigenvalue weighted by Crippen LogP contribution is 2.39. The number of hydrogen-bond donors (Lipinski definition) is 1. The number of amides is 1. The maximum Gasteiger partial charge on any atom is 0.253 e. The van der Waals surface area contributed by atoms with E-state index in [1.165, 1.54) is 0 Å². The molecule has 4 rings (SSSR count). The zero-order valence-corrected chi connectivity index (χ0v) is 14.2. The number of carbonyl (C=O) groups excluding carboxylic acids is 1. The van der Waals surface area contributed by atoms with Crippen LogP contribution in [0.1, 0.15) is 46.5 Å². The first-order valence-corrected chi connectivity index (χ1v) is 8.65. The molecule has 6 nitrogen and oxygen atoms in total. The molecule has 0 saturated heterocycles. The molecular weight excluding hydrogens is 330 g/mol. The van der Waals surface area contributed by atoms with Crippen LogP contribution in [0.25, 0.3) is 0 Å². The second-order valence-corrected chi connectivity index (χ2v) is 6.29. The van der Waals surface area contributed by atoms with E-state index in [0.29, 0.717) is 35.6 Å². The Labute approximate surface area is 151 Å². The molecule has 6 heteroatoms. The second kappa shape index (κ2) is 7.39. The van der Waals surface area contributed by atoms with Crippen molar-refractivity contribution in [3.05, 3.63) is 77.5 Å². The lowest BCUT2D eigenvalue weighted by atomic mass is 10.2. The predicted octanol–water partition coefficient (Wildman–Crippen LogP) is 3.46. The third-order valence-corrected chi connectivity index (χ3v) is 4.16. The number of nitrogens with zero attached hydrogens (tertiary/aromatic N) is 2. The van der Waals surface area contributed by atoms with E-state index in [1.54, 1.807) is 24.3 Å². The van der Waals surface area contributed by atoms with Gasteiger partial charge in [-0.2, -0.15) is 0 Å². The molecule has 1 saturated carbocycles. The van der Waals surface area contributed by atoms with Gasteiger partial charge in [-0.25, -0.2) is 0 Å². The molecule has 0 bridgehead atoms. The molecule has 1 aromatic heterocycles. The topological polar surface area (TPSA) is 77.2 Å². The fourth-order valence-electron chi connectivity index (χ4n) is 2.57. The summed E-state index contributed by atoms with van der Waals surface area (Å²) in [4.78, 5) is 12.3. The molecule has 1 aliphatic rings. The largest absolute Gasteiger partial charge is 0.484 e. The lowest BCUT2D eigenvalue weighted by Gasteiger charge is -2.08. The zero-order valence-electron chi connectivity index (χ0n) is 14.2. The van der Waals surface area contributed by atoms with Gasteiger partial charge >= 0.3 is 0 Å².